The SMILES string of the molecule is Cc1cccc2c1C(C)CCCN2. The van der Waals surface area contributed by atoms with Crippen LogP contribution in [0.4, 0.5) is 5.69 Å². The first-order valence-electron chi connectivity index (χ1n) is 5.12. The first-order valence-corrected chi connectivity index (χ1v) is 5.12. The fourth-order valence-corrected chi connectivity index (χ4v) is 2.26. The van der Waals surface area contributed by atoms with E-state index in [9.17, 15) is 0 Å². The van der Waals surface area contributed by atoms with E-state index in [1.807, 2.05) is 0 Å². The molecule has 1 unspecified atom stereocenters. The average molecular weight is 175 g/mol. The highest BCUT2D eigenvalue weighted by molar-refractivity contribution is 5.56. The van der Waals surface area contributed by atoms with Crippen LogP contribution in [0.15, 0.2) is 18.2 Å². The minimum absolute atomic E-state index is 0.714. The Kier molecular flexibility index (Phi) is 2.26. The molecule has 0 spiro atoms. The van der Waals surface area contributed by atoms with E-state index >= 15 is 0 Å². The van der Waals surface area contributed by atoms with Gasteiger partial charge in [0.25, 0.3) is 0 Å². The molecule has 0 saturated heterocycles. The fourth-order valence-electron chi connectivity index (χ4n) is 2.26. The van der Waals surface area contributed by atoms with Gasteiger partial charge in [-0.05, 0) is 42.9 Å². The number of hydrogen-bond donors (Lipinski definition) is 1. The minimum atomic E-state index is 0.714. The van der Waals surface area contributed by atoms with Gasteiger partial charge >= 0.3 is 0 Å². The summed E-state index contributed by atoms with van der Waals surface area (Å²) in [5.41, 5.74) is 4.31. The second-order valence-electron chi connectivity index (χ2n) is 4.01. The van der Waals surface area contributed by atoms with Crippen molar-refractivity contribution in [3.8, 4) is 0 Å². The molecular weight excluding hydrogens is 158 g/mol. The molecule has 0 amide bonds. The monoisotopic (exact) mass is 175 g/mol. The Morgan fingerprint density at radius 2 is 2.23 bits per heavy atom. The molecule has 1 aliphatic heterocycles. The van der Waals surface area contributed by atoms with Crippen molar-refractivity contribution in [3.63, 3.8) is 0 Å². The van der Waals surface area contributed by atoms with E-state index < -0.39 is 0 Å². The van der Waals surface area contributed by atoms with E-state index in [1.165, 1.54) is 29.7 Å². The van der Waals surface area contributed by atoms with Crippen LogP contribution in [0, 0.1) is 6.92 Å². The van der Waals surface area contributed by atoms with Crippen LogP contribution in [0.25, 0.3) is 0 Å². The van der Waals surface area contributed by atoms with Gasteiger partial charge in [0.2, 0.25) is 0 Å². The Hall–Kier alpha value is -0.980. The molecule has 70 valence electrons. The zero-order valence-electron chi connectivity index (χ0n) is 8.43. The first kappa shape index (κ1) is 8.61. The Bertz CT molecular complexity index is 304. The zero-order chi connectivity index (χ0) is 9.26. The standard InChI is InChI=1S/C12H17N/c1-9-5-3-7-11-12(9)10(2)6-4-8-13-11/h3,5,7,10,13H,4,6,8H2,1-2H3. The molecule has 0 fully saturated rings. The summed E-state index contributed by atoms with van der Waals surface area (Å²) < 4.78 is 0. The maximum Gasteiger partial charge on any atom is 0.0378 e. The van der Waals surface area contributed by atoms with Crippen molar-refractivity contribution in [1.82, 2.24) is 0 Å². The van der Waals surface area contributed by atoms with E-state index in [0.717, 1.165) is 6.54 Å². The molecule has 2 rings (SSSR count). The van der Waals surface area contributed by atoms with Crippen molar-refractivity contribution in [2.75, 3.05) is 11.9 Å². The lowest BCUT2D eigenvalue weighted by molar-refractivity contribution is 0.665. The molecule has 1 N–H and O–H groups in total. The van der Waals surface area contributed by atoms with Crippen LogP contribution in [0.1, 0.15) is 36.8 Å². The van der Waals surface area contributed by atoms with E-state index in [0.29, 0.717) is 5.92 Å². The molecule has 1 heterocycles. The summed E-state index contributed by atoms with van der Waals surface area (Å²) in [4.78, 5) is 0. The molecule has 0 saturated carbocycles. The number of aryl methyl sites for hydroxylation is 1. The maximum atomic E-state index is 3.50. The van der Waals surface area contributed by atoms with Crippen molar-refractivity contribution >= 4 is 5.69 Å². The van der Waals surface area contributed by atoms with Crippen molar-refractivity contribution in [1.29, 1.82) is 0 Å². The van der Waals surface area contributed by atoms with Gasteiger partial charge in [0.1, 0.15) is 0 Å². The Morgan fingerprint density at radius 3 is 3.08 bits per heavy atom. The molecule has 13 heavy (non-hydrogen) atoms. The van der Waals surface area contributed by atoms with Crippen LogP contribution >= 0.6 is 0 Å². The smallest absolute Gasteiger partial charge is 0.0378 e. The maximum absolute atomic E-state index is 3.50. The molecule has 0 bridgehead atoms. The number of rotatable bonds is 0. The highest BCUT2D eigenvalue weighted by Crippen LogP contribution is 2.32. The van der Waals surface area contributed by atoms with Crippen LogP contribution in [0.3, 0.4) is 0 Å². The molecular formula is C12H17N. The molecule has 1 aliphatic rings. The second kappa shape index (κ2) is 3.41. The van der Waals surface area contributed by atoms with Crippen LogP contribution in [-0.4, -0.2) is 6.54 Å². The molecule has 1 atom stereocenters. The summed E-state index contributed by atoms with van der Waals surface area (Å²) in [6.07, 6.45) is 2.60. The van der Waals surface area contributed by atoms with Crippen molar-refractivity contribution in [2.24, 2.45) is 0 Å². The van der Waals surface area contributed by atoms with Gasteiger partial charge in [-0.3, -0.25) is 0 Å². The van der Waals surface area contributed by atoms with E-state index in [-0.39, 0.29) is 0 Å². The van der Waals surface area contributed by atoms with Gasteiger partial charge in [-0.2, -0.15) is 0 Å². The number of anilines is 1. The molecule has 1 heteroatoms. The van der Waals surface area contributed by atoms with Gasteiger partial charge in [0.15, 0.2) is 0 Å². The lowest BCUT2D eigenvalue weighted by Crippen LogP contribution is -2.00. The summed E-state index contributed by atoms with van der Waals surface area (Å²) in [7, 11) is 0. The molecule has 0 aliphatic carbocycles. The molecule has 0 radical (unpaired) electrons. The van der Waals surface area contributed by atoms with Gasteiger partial charge in [0, 0.05) is 12.2 Å². The van der Waals surface area contributed by atoms with Crippen LogP contribution in [-0.2, 0) is 0 Å². The quantitative estimate of drug-likeness (QED) is 0.638. The van der Waals surface area contributed by atoms with Crippen molar-refractivity contribution in [3.05, 3.63) is 29.3 Å². The predicted octanol–water partition coefficient (Wildman–Crippen LogP) is 3.30. The minimum Gasteiger partial charge on any atom is -0.385 e. The Morgan fingerprint density at radius 1 is 1.38 bits per heavy atom. The number of fused-ring (bicyclic) bond motifs is 1. The summed E-state index contributed by atoms with van der Waals surface area (Å²) in [6.45, 7) is 5.67. The Labute approximate surface area is 80.2 Å². The summed E-state index contributed by atoms with van der Waals surface area (Å²) in [5, 5.41) is 3.50. The molecule has 1 aromatic rings. The molecule has 0 aromatic heterocycles. The predicted molar refractivity (Wildman–Crippen MR) is 57.3 cm³/mol. The van der Waals surface area contributed by atoms with Gasteiger partial charge in [-0.15, -0.1) is 0 Å². The lowest BCUT2D eigenvalue weighted by Gasteiger charge is -2.15. The number of hydrogen-bond acceptors (Lipinski definition) is 1. The van der Waals surface area contributed by atoms with Crippen molar-refractivity contribution in [2.45, 2.75) is 32.6 Å². The number of benzene rings is 1. The van der Waals surface area contributed by atoms with Gasteiger partial charge in [0.05, 0.1) is 0 Å². The fraction of sp³-hybridized carbons (Fsp3) is 0.500. The van der Waals surface area contributed by atoms with Crippen LogP contribution < -0.4 is 5.32 Å². The largest absolute Gasteiger partial charge is 0.385 e. The third-order valence-electron chi connectivity index (χ3n) is 2.95. The average Bonchev–Trinajstić information content (AvgIpc) is 2.29. The highest BCUT2D eigenvalue weighted by Gasteiger charge is 2.15. The topological polar surface area (TPSA) is 12.0 Å². The highest BCUT2D eigenvalue weighted by atomic mass is 14.9. The van der Waals surface area contributed by atoms with Gasteiger partial charge in [-0.25, -0.2) is 0 Å². The normalized spacial score (nSPS) is 21.5. The van der Waals surface area contributed by atoms with Gasteiger partial charge in [-0.1, -0.05) is 19.1 Å². The third-order valence-corrected chi connectivity index (χ3v) is 2.95. The van der Waals surface area contributed by atoms with Crippen LogP contribution in [0.2, 0.25) is 0 Å². The summed E-state index contributed by atoms with van der Waals surface area (Å²) in [6, 6.07) is 6.55. The van der Waals surface area contributed by atoms with E-state index in [1.54, 1.807) is 0 Å². The molecule has 1 aromatic carbocycles. The molecule has 1 nitrogen and oxygen atoms in total. The second-order valence-corrected chi connectivity index (χ2v) is 4.01. The van der Waals surface area contributed by atoms with Crippen molar-refractivity contribution < 1.29 is 0 Å². The Balaban J connectivity index is 2.48. The first-order chi connectivity index (χ1) is 6.29. The van der Waals surface area contributed by atoms with Gasteiger partial charge < -0.3 is 5.32 Å². The number of nitrogens with one attached hydrogen (secondary N) is 1. The third kappa shape index (κ3) is 1.55. The zero-order valence-corrected chi connectivity index (χ0v) is 8.43. The summed E-state index contributed by atoms with van der Waals surface area (Å²) in [5.74, 6) is 0.714. The van der Waals surface area contributed by atoms with Crippen LogP contribution in [0.5, 0.6) is 0 Å². The van der Waals surface area contributed by atoms with E-state index in [2.05, 4.69) is 37.4 Å². The van der Waals surface area contributed by atoms with E-state index in [4.69, 9.17) is 0 Å². The lowest BCUT2D eigenvalue weighted by atomic mass is 9.92. The summed E-state index contributed by atoms with van der Waals surface area (Å²) >= 11 is 0.